The van der Waals surface area contributed by atoms with E-state index in [-0.39, 0.29) is 36.3 Å². The van der Waals surface area contributed by atoms with Crippen molar-refractivity contribution < 1.29 is 13.9 Å². The van der Waals surface area contributed by atoms with E-state index in [0.29, 0.717) is 31.7 Å². The Balaban J connectivity index is 0.00000220. The Morgan fingerprint density at radius 3 is 3.05 bits per heavy atom. The summed E-state index contributed by atoms with van der Waals surface area (Å²) in [6.07, 6.45) is 0.310. The van der Waals surface area contributed by atoms with Crippen molar-refractivity contribution >= 4 is 34.2 Å². The molecule has 118 valence electrons. The maximum absolute atomic E-state index is 13.5. The lowest BCUT2D eigenvalue weighted by Crippen LogP contribution is -2.55. The number of rotatable bonds is 4. The van der Waals surface area contributed by atoms with Gasteiger partial charge in [0.15, 0.2) is 0 Å². The molecule has 7 heteroatoms. The van der Waals surface area contributed by atoms with Gasteiger partial charge in [0.25, 0.3) is 0 Å². The summed E-state index contributed by atoms with van der Waals surface area (Å²) in [6.45, 7) is 3.55. The van der Waals surface area contributed by atoms with Crippen LogP contribution in [0.5, 0.6) is 0 Å². The molecule has 1 aromatic carbocycles. The highest BCUT2D eigenvalue weighted by molar-refractivity contribution is 9.10. The molecule has 0 aliphatic carbocycles. The molecule has 0 saturated carbocycles. The first-order chi connectivity index (χ1) is 9.58. The van der Waals surface area contributed by atoms with Crippen LogP contribution in [-0.2, 0) is 16.0 Å². The number of ether oxygens (including phenoxy) is 1. The summed E-state index contributed by atoms with van der Waals surface area (Å²) < 4.78 is 19.8. The van der Waals surface area contributed by atoms with Gasteiger partial charge in [-0.05, 0) is 37.1 Å². The topological polar surface area (TPSA) is 50.4 Å². The first-order valence-corrected chi connectivity index (χ1v) is 7.44. The number of morpholine rings is 1. The van der Waals surface area contributed by atoms with E-state index in [1.54, 1.807) is 12.1 Å². The van der Waals surface area contributed by atoms with Crippen molar-refractivity contribution in [1.82, 2.24) is 10.6 Å². The van der Waals surface area contributed by atoms with Gasteiger partial charge in [-0.1, -0.05) is 15.9 Å². The van der Waals surface area contributed by atoms with Gasteiger partial charge in [-0.15, -0.1) is 12.4 Å². The summed E-state index contributed by atoms with van der Waals surface area (Å²) >= 11 is 3.31. The van der Waals surface area contributed by atoms with Crippen molar-refractivity contribution in [2.75, 3.05) is 19.7 Å². The summed E-state index contributed by atoms with van der Waals surface area (Å²) in [6, 6.07) is 4.46. The van der Waals surface area contributed by atoms with Gasteiger partial charge in [0.2, 0.25) is 5.91 Å². The number of nitrogens with one attached hydrogen (secondary N) is 2. The minimum Gasteiger partial charge on any atom is -0.375 e. The minimum atomic E-state index is -0.337. The van der Waals surface area contributed by atoms with E-state index in [1.165, 1.54) is 6.07 Å². The highest BCUT2D eigenvalue weighted by Crippen LogP contribution is 2.15. The molecule has 0 aromatic heterocycles. The molecule has 21 heavy (non-hydrogen) atoms. The van der Waals surface area contributed by atoms with E-state index in [0.717, 1.165) is 4.47 Å². The van der Waals surface area contributed by atoms with Gasteiger partial charge >= 0.3 is 0 Å². The number of amides is 1. The number of hydrogen-bond acceptors (Lipinski definition) is 3. The molecular formula is C14H19BrClFN2O2. The molecule has 2 N–H and O–H groups in total. The van der Waals surface area contributed by atoms with Crippen molar-refractivity contribution in [2.45, 2.75) is 25.5 Å². The van der Waals surface area contributed by atoms with Crippen molar-refractivity contribution in [1.29, 1.82) is 0 Å². The third-order valence-corrected chi connectivity index (χ3v) is 3.79. The molecule has 1 aliphatic heterocycles. The second-order valence-corrected chi connectivity index (χ2v) is 5.70. The Hall–Kier alpha value is -0.690. The fraction of sp³-hybridized carbons (Fsp3) is 0.500. The van der Waals surface area contributed by atoms with Crippen molar-refractivity contribution in [2.24, 2.45) is 0 Å². The monoisotopic (exact) mass is 380 g/mol. The van der Waals surface area contributed by atoms with Crippen LogP contribution in [0.3, 0.4) is 0 Å². The highest BCUT2D eigenvalue weighted by Gasteiger charge is 2.27. The first-order valence-electron chi connectivity index (χ1n) is 6.64. The molecule has 1 saturated heterocycles. The Kier molecular flexibility index (Phi) is 7.59. The molecule has 0 spiro atoms. The van der Waals surface area contributed by atoms with Gasteiger partial charge < -0.3 is 15.4 Å². The van der Waals surface area contributed by atoms with Gasteiger partial charge in [0.1, 0.15) is 11.9 Å². The lowest BCUT2D eigenvalue weighted by molar-refractivity contribution is -0.128. The van der Waals surface area contributed by atoms with Crippen LogP contribution < -0.4 is 10.6 Å². The zero-order chi connectivity index (χ0) is 14.5. The van der Waals surface area contributed by atoms with Crippen LogP contribution in [0, 0.1) is 5.82 Å². The van der Waals surface area contributed by atoms with Crippen LogP contribution in [0.4, 0.5) is 4.39 Å². The van der Waals surface area contributed by atoms with Gasteiger partial charge in [-0.2, -0.15) is 0 Å². The predicted octanol–water partition coefficient (Wildman–Crippen LogP) is 2.05. The lowest BCUT2D eigenvalue weighted by Gasteiger charge is -2.29. The molecule has 1 aromatic rings. The number of benzene rings is 1. The standard InChI is InChI=1S/C14H18BrFN2O2.ClH/c1-9-13(17-6-7-20-9)14(19)18-5-4-10-8-11(15)2-3-12(10)16;/h2-3,8-9,13,17H,4-7H2,1H3,(H,18,19);1H/t9-,13+;/m1./s1. The first kappa shape index (κ1) is 18.4. The zero-order valence-corrected chi connectivity index (χ0v) is 14.1. The van der Waals surface area contributed by atoms with Crippen molar-refractivity contribution in [3.63, 3.8) is 0 Å². The highest BCUT2D eigenvalue weighted by atomic mass is 79.9. The van der Waals surface area contributed by atoms with Gasteiger partial charge in [0, 0.05) is 17.6 Å². The fourth-order valence-corrected chi connectivity index (χ4v) is 2.60. The van der Waals surface area contributed by atoms with Crippen LogP contribution in [0.15, 0.2) is 22.7 Å². The molecule has 0 radical (unpaired) electrons. The minimum absolute atomic E-state index is 0. The van der Waals surface area contributed by atoms with E-state index in [1.807, 2.05) is 6.92 Å². The summed E-state index contributed by atoms with van der Waals surface area (Å²) in [7, 11) is 0. The maximum Gasteiger partial charge on any atom is 0.239 e. The molecule has 1 aliphatic rings. The number of halogens is 3. The third-order valence-electron chi connectivity index (χ3n) is 3.30. The summed E-state index contributed by atoms with van der Waals surface area (Å²) in [4.78, 5) is 12.0. The van der Waals surface area contributed by atoms with E-state index in [4.69, 9.17) is 4.74 Å². The predicted molar refractivity (Wildman–Crippen MR) is 85.3 cm³/mol. The molecule has 1 fully saturated rings. The van der Waals surface area contributed by atoms with Crippen LogP contribution in [-0.4, -0.2) is 37.7 Å². The zero-order valence-electron chi connectivity index (χ0n) is 11.7. The normalized spacial score (nSPS) is 21.5. The van der Waals surface area contributed by atoms with E-state index in [2.05, 4.69) is 26.6 Å². The van der Waals surface area contributed by atoms with Gasteiger partial charge in [0.05, 0.1) is 12.7 Å². The molecule has 1 heterocycles. The third kappa shape index (κ3) is 5.21. The number of hydrogen-bond donors (Lipinski definition) is 2. The van der Waals surface area contributed by atoms with Gasteiger partial charge in [-0.25, -0.2) is 4.39 Å². The van der Waals surface area contributed by atoms with Crippen LogP contribution in [0.1, 0.15) is 12.5 Å². The largest absolute Gasteiger partial charge is 0.375 e. The number of carbonyl (C=O) groups excluding carboxylic acids is 1. The second kappa shape index (κ2) is 8.68. The Labute approximate surface area is 138 Å². The Morgan fingerprint density at radius 1 is 1.57 bits per heavy atom. The van der Waals surface area contributed by atoms with Crippen LogP contribution >= 0.6 is 28.3 Å². The van der Waals surface area contributed by atoms with E-state index < -0.39 is 0 Å². The molecule has 2 atom stereocenters. The van der Waals surface area contributed by atoms with Crippen LogP contribution in [0.25, 0.3) is 0 Å². The smallest absolute Gasteiger partial charge is 0.239 e. The Bertz CT molecular complexity index is 490. The van der Waals surface area contributed by atoms with Crippen molar-refractivity contribution in [3.05, 3.63) is 34.1 Å². The average molecular weight is 382 g/mol. The van der Waals surface area contributed by atoms with Gasteiger partial charge in [-0.3, -0.25) is 4.79 Å². The molecule has 2 rings (SSSR count). The Morgan fingerprint density at radius 2 is 2.33 bits per heavy atom. The molecule has 4 nitrogen and oxygen atoms in total. The van der Waals surface area contributed by atoms with Crippen molar-refractivity contribution in [3.8, 4) is 0 Å². The van der Waals surface area contributed by atoms with E-state index in [9.17, 15) is 9.18 Å². The molecular weight excluding hydrogens is 363 g/mol. The molecule has 0 bridgehead atoms. The fourth-order valence-electron chi connectivity index (χ4n) is 2.19. The average Bonchev–Trinajstić information content (AvgIpc) is 2.43. The maximum atomic E-state index is 13.5. The lowest BCUT2D eigenvalue weighted by atomic mass is 10.1. The number of carbonyl (C=O) groups is 1. The molecule has 1 amide bonds. The second-order valence-electron chi connectivity index (χ2n) is 4.78. The van der Waals surface area contributed by atoms with E-state index >= 15 is 0 Å². The summed E-state index contributed by atoms with van der Waals surface area (Å²) in [5, 5.41) is 5.93. The summed E-state index contributed by atoms with van der Waals surface area (Å²) in [5.74, 6) is -0.359. The van der Waals surface area contributed by atoms with Crippen LogP contribution in [0.2, 0.25) is 0 Å². The summed E-state index contributed by atoms with van der Waals surface area (Å²) in [5.41, 5.74) is 0.584. The quantitative estimate of drug-likeness (QED) is 0.839. The SMILES string of the molecule is C[C@H]1OCCN[C@@H]1C(=O)NCCc1cc(Br)ccc1F.Cl. The molecule has 0 unspecified atom stereocenters.